The molecule has 1 heterocycles. The summed E-state index contributed by atoms with van der Waals surface area (Å²) in [5.74, 6) is 0.905. The first kappa shape index (κ1) is 17.0. The van der Waals surface area contributed by atoms with Crippen molar-refractivity contribution in [3.63, 3.8) is 0 Å². The summed E-state index contributed by atoms with van der Waals surface area (Å²) in [6.45, 7) is 7.50. The number of hydrogen-bond acceptors (Lipinski definition) is 3. The van der Waals surface area contributed by atoms with E-state index in [0.29, 0.717) is 6.04 Å². The van der Waals surface area contributed by atoms with Crippen molar-refractivity contribution in [3.05, 3.63) is 30.3 Å². The summed E-state index contributed by atoms with van der Waals surface area (Å²) in [5, 5.41) is 6.99. The summed E-state index contributed by atoms with van der Waals surface area (Å²) in [5.41, 5.74) is 1.30. The van der Waals surface area contributed by atoms with E-state index < -0.39 is 0 Å². The first-order valence-corrected chi connectivity index (χ1v) is 9.09. The molecule has 122 valence electrons. The lowest BCUT2D eigenvalue weighted by Crippen LogP contribution is -2.47. The van der Waals surface area contributed by atoms with Crippen LogP contribution in [0.15, 0.2) is 35.3 Å². The third-order valence-corrected chi connectivity index (χ3v) is 5.36. The molecule has 0 aromatic heterocycles. The molecule has 1 aromatic carbocycles. The largest absolute Gasteiger partial charge is 0.369 e. The van der Waals surface area contributed by atoms with Gasteiger partial charge in [0.25, 0.3) is 0 Å². The number of guanidine groups is 1. The van der Waals surface area contributed by atoms with E-state index in [1.807, 2.05) is 18.8 Å². The third kappa shape index (κ3) is 4.83. The van der Waals surface area contributed by atoms with Gasteiger partial charge >= 0.3 is 0 Å². The molecule has 0 amide bonds. The molecule has 1 aliphatic heterocycles. The van der Waals surface area contributed by atoms with Gasteiger partial charge in [-0.2, -0.15) is 11.8 Å². The van der Waals surface area contributed by atoms with E-state index in [1.54, 1.807) is 0 Å². The van der Waals surface area contributed by atoms with Gasteiger partial charge in [0.15, 0.2) is 5.96 Å². The number of thioether (sulfide) groups is 1. The fourth-order valence-corrected chi connectivity index (χ4v) is 2.72. The second-order valence-corrected chi connectivity index (χ2v) is 7.81. The number of nitrogens with one attached hydrogen (secondary N) is 2. The average molecular weight is 321 g/mol. The van der Waals surface area contributed by atoms with Gasteiger partial charge in [0.2, 0.25) is 0 Å². The number of rotatable bonds is 5. The van der Waals surface area contributed by atoms with Crippen molar-refractivity contribution in [3.8, 4) is 0 Å². The standard InChI is InChI=1S/C17H28N4S/c1-17(2,22-4)13-19-16(18-3)20-14-10-11-21(12-14)15-8-6-5-7-9-15/h5-9,14H,10-13H2,1-4H3,(H2,18,19,20). The Labute approximate surface area is 138 Å². The summed E-state index contributed by atoms with van der Waals surface area (Å²) in [4.78, 5) is 6.78. The lowest BCUT2D eigenvalue weighted by molar-refractivity contribution is 0.623. The highest BCUT2D eigenvalue weighted by Crippen LogP contribution is 2.20. The second kappa shape index (κ2) is 7.77. The molecule has 2 N–H and O–H groups in total. The van der Waals surface area contributed by atoms with E-state index in [-0.39, 0.29) is 4.75 Å². The van der Waals surface area contributed by atoms with Gasteiger partial charge in [-0.15, -0.1) is 0 Å². The first-order chi connectivity index (χ1) is 10.5. The molecule has 0 saturated carbocycles. The van der Waals surface area contributed by atoms with Crippen LogP contribution in [-0.4, -0.2) is 49.7 Å². The Morgan fingerprint density at radius 2 is 2.09 bits per heavy atom. The topological polar surface area (TPSA) is 39.7 Å². The molecule has 1 fully saturated rings. The van der Waals surface area contributed by atoms with Gasteiger partial charge in [-0.25, -0.2) is 0 Å². The highest BCUT2D eigenvalue weighted by atomic mass is 32.2. The van der Waals surface area contributed by atoms with E-state index in [0.717, 1.165) is 32.0 Å². The number of aliphatic imine (C=N–C) groups is 1. The van der Waals surface area contributed by atoms with Crippen LogP contribution in [-0.2, 0) is 0 Å². The van der Waals surface area contributed by atoms with E-state index in [4.69, 9.17) is 0 Å². The number of para-hydroxylation sites is 1. The Kier molecular flexibility index (Phi) is 6.00. The predicted octanol–water partition coefficient (Wildman–Crippen LogP) is 2.57. The molecule has 1 unspecified atom stereocenters. The van der Waals surface area contributed by atoms with Gasteiger partial charge in [0.1, 0.15) is 0 Å². The monoisotopic (exact) mass is 320 g/mol. The highest BCUT2D eigenvalue weighted by molar-refractivity contribution is 7.99. The molecule has 1 atom stereocenters. The molecule has 22 heavy (non-hydrogen) atoms. The Hall–Kier alpha value is -1.36. The number of anilines is 1. The maximum absolute atomic E-state index is 4.35. The zero-order chi connectivity index (χ0) is 16.0. The summed E-state index contributed by atoms with van der Waals surface area (Å²) < 4.78 is 0.212. The Morgan fingerprint density at radius 1 is 1.36 bits per heavy atom. The molecule has 0 bridgehead atoms. The minimum Gasteiger partial charge on any atom is -0.369 e. The minimum atomic E-state index is 0.212. The van der Waals surface area contributed by atoms with E-state index in [1.165, 1.54) is 5.69 Å². The van der Waals surface area contributed by atoms with Crippen LogP contribution in [0.2, 0.25) is 0 Å². The zero-order valence-corrected chi connectivity index (χ0v) is 14.9. The van der Waals surface area contributed by atoms with Gasteiger partial charge in [-0.05, 0) is 38.7 Å². The molecule has 4 nitrogen and oxygen atoms in total. The number of hydrogen-bond donors (Lipinski definition) is 2. The minimum absolute atomic E-state index is 0.212. The van der Waals surface area contributed by atoms with Crippen LogP contribution in [0.25, 0.3) is 0 Å². The molecule has 0 spiro atoms. The van der Waals surface area contributed by atoms with E-state index in [9.17, 15) is 0 Å². The second-order valence-electron chi connectivity index (χ2n) is 6.30. The van der Waals surface area contributed by atoms with Crippen LogP contribution < -0.4 is 15.5 Å². The normalized spacial score (nSPS) is 19.4. The van der Waals surface area contributed by atoms with Gasteiger partial charge < -0.3 is 15.5 Å². The van der Waals surface area contributed by atoms with Crippen LogP contribution in [0.5, 0.6) is 0 Å². The summed E-state index contributed by atoms with van der Waals surface area (Å²) in [6.07, 6.45) is 3.29. The molecule has 1 aliphatic rings. The summed E-state index contributed by atoms with van der Waals surface area (Å²) in [6, 6.07) is 11.1. The molecule has 1 saturated heterocycles. The smallest absolute Gasteiger partial charge is 0.191 e. The third-order valence-electron chi connectivity index (χ3n) is 4.11. The Morgan fingerprint density at radius 3 is 2.73 bits per heavy atom. The summed E-state index contributed by atoms with van der Waals surface area (Å²) >= 11 is 1.87. The fraction of sp³-hybridized carbons (Fsp3) is 0.588. The van der Waals surface area contributed by atoms with Crippen LogP contribution in [0.1, 0.15) is 20.3 Å². The van der Waals surface area contributed by atoms with Crippen LogP contribution >= 0.6 is 11.8 Å². The molecular formula is C17H28N4S. The van der Waals surface area contributed by atoms with Gasteiger partial charge in [-0.1, -0.05) is 18.2 Å². The Bertz CT molecular complexity index is 487. The van der Waals surface area contributed by atoms with Gasteiger partial charge in [0, 0.05) is 43.2 Å². The van der Waals surface area contributed by atoms with Crippen molar-refractivity contribution in [2.45, 2.75) is 31.1 Å². The lowest BCUT2D eigenvalue weighted by Gasteiger charge is -2.25. The highest BCUT2D eigenvalue weighted by Gasteiger charge is 2.24. The molecule has 0 radical (unpaired) electrons. The van der Waals surface area contributed by atoms with Crippen molar-refractivity contribution in [1.82, 2.24) is 10.6 Å². The Balaban J connectivity index is 1.83. The quantitative estimate of drug-likeness (QED) is 0.646. The van der Waals surface area contributed by atoms with Crippen molar-refractivity contribution in [1.29, 1.82) is 0 Å². The van der Waals surface area contributed by atoms with Crippen molar-refractivity contribution < 1.29 is 0 Å². The predicted molar refractivity (Wildman–Crippen MR) is 99.2 cm³/mol. The number of benzene rings is 1. The molecule has 1 aromatic rings. The van der Waals surface area contributed by atoms with Gasteiger partial charge in [0.05, 0.1) is 0 Å². The SMILES string of the molecule is CN=C(NCC(C)(C)SC)NC1CCN(c2ccccc2)C1. The lowest BCUT2D eigenvalue weighted by atomic mass is 10.2. The molecule has 0 aliphatic carbocycles. The van der Waals surface area contributed by atoms with Crippen molar-refractivity contribution in [2.24, 2.45) is 4.99 Å². The number of nitrogens with zero attached hydrogens (tertiary/aromatic N) is 2. The zero-order valence-electron chi connectivity index (χ0n) is 14.1. The molecule has 2 rings (SSSR count). The van der Waals surface area contributed by atoms with Crippen LogP contribution in [0.3, 0.4) is 0 Å². The maximum atomic E-state index is 4.35. The van der Waals surface area contributed by atoms with Crippen LogP contribution in [0, 0.1) is 0 Å². The van der Waals surface area contributed by atoms with Gasteiger partial charge in [-0.3, -0.25) is 4.99 Å². The maximum Gasteiger partial charge on any atom is 0.191 e. The van der Waals surface area contributed by atoms with E-state index >= 15 is 0 Å². The fourth-order valence-electron chi connectivity index (χ4n) is 2.51. The molecule has 5 heteroatoms. The average Bonchev–Trinajstić information content (AvgIpc) is 3.01. The first-order valence-electron chi connectivity index (χ1n) is 7.86. The van der Waals surface area contributed by atoms with E-state index in [2.05, 4.69) is 71.0 Å². The van der Waals surface area contributed by atoms with Crippen LogP contribution in [0.4, 0.5) is 5.69 Å². The summed E-state index contributed by atoms with van der Waals surface area (Å²) in [7, 11) is 1.84. The van der Waals surface area contributed by atoms with Crippen molar-refractivity contribution in [2.75, 3.05) is 37.8 Å². The molecular weight excluding hydrogens is 292 g/mol. The van der Waals surface area contributed by atoms with Crippen molar-refractivity contribution >= 4 is 23.4 Å².